The van der Waals surface area contributed by atoms with E-state index in [1.165, 1.54) is 11.9 Å². The van der Waals surface area contributed by atoms with Crippen LogP contribution in [0.5, 0.6) is 0 Å². The van der Waals surface area contributed by atoms with E-state index in [0.29, 0.717) is 18.9 Å². The van der Waals surface area contributed by atoms with Crippen molar-refractivity contribution in [1.29, 1.82) is 0 Å². The van der Waals surface area contributed by atoms with Crippen LogP contribution >= 0.6 is 0 Å². The standard InChI is InChI=1S/C11H22N2O3/c1-6-9(10(14)15)13(5)11(16)12(4)7-8(2)3/h8-9H,6-7H2,1-5H3,(H,14,15). The number of carboxylic acid groups (broad SMARTS) is 1. The van der Waals surface area contributed by atoms with E-state index in [-0.39, 0.29) is 6.03 Å². The Morgan fingerprint density at radius 1 is 1.25 bits per heavy atom. The predicted octanol–water partition coefficient (Wildman–Crippen LogP) is 1.49. The minimum atomic E-state index is -0.962. The van der Waals surface area contributed by atoms with Gasteiger partial charge in [0.1, 0.15) is 6.04 Å². The Morgan fingerprint density at radius 3 is 2.06 bits per heavy atom. The number of hydrogen-bond donors (Lipinski definition) is 1. The fourth-order valence-electron chi connectivity index (χ4n) is 1.64. The van der Waals surface area contributed by atoms with E-state index in [9.17, 15) is 9.59 Å². The van der Waals surface area contributed by atoms with Gasteiger partial charge in [-0.1, -0.05) is 20.8 Å². The summed E-state index contributed by atoms with van der Waals surface area (Å²) >= 11 is 0. The van der Waals surface area contributed by atoms with E-state index >= 15 is 0 Å². The van der Waals surface area contributed by atoms with Crippen LogP contribution in [0.15, 0.2) is 0 Å². The van der Waals surface area contributed by atoms with Crippen molar-refractivity contribution in [2.75, 3.05) is 20.6 Å². The highest BCUT2D eigenvalue weighted by atomic mass is 16.4. The van der Waals surface area contributed by atoms with Crippen LogP contribution in [0, 0.1) is 5.92 Å². The van der Waals surface area contributed by atoms with Gasteiger partial charge in [-0.15, -0.1) is 0 Å². The Morgan fingerprint density at radius 2 is 1.75 bits per heavy atom. The van der Waals surface area contributed by atoms with Gasteiger partial charge in [0.25, 0.3) is 0 Å². The van der Waals surface area contributed by atoms with E-state index in [1.54, 1.807) is 18.9 Å². The molecular formula is C11H22N2O3. The molecule has 0 aliphatic heterocycles. The van der Waals surface area contributed by atoms with Gasteiger partial charge in [-0.25, -0.2) is 9.59 Å². The molecule has 0 heterocycles. The number of likely N-dealkylation sites (N-methyl/N-ethyl adjacent to an activating group) is 1. The Labute approximate surface area is 97.0 Å². The van der Waals surface area contributed by atoms with Gasteiger partial charge in [-0.05, 0) is 12.3 Å². The number of hydrogen-bond acceptors (Lipinski definition) is 2. The highest BCUT2D eigenvalue weighted by Crippen LogP contribution is 2.07. The third kappa shape index (κ3) is 4.08. The van der Waals surface area contributed by atoms with Gasteiger partial charge in [0.2, 0.25) is 0 Å². The number of carbonyl (C=O) groups is 2. The number of nitrogens with zero attached hydrogens (tertiary/aromatic N) is 2. The van der Waals surface area contributed by atoms with E-state index in [1.807, 2.05) is 13.8 Å². The first-order valence-electron chi connectivity index (χ1n) is 5.51. The number of amides is 2. The number of aliphatic carboxylic acids is 1. The molecule has 0 aliphatic carbocycles. The van der Waals surface area contributed by atoms with Crippen molar-refractivity contribution in [3.63, 3.8) is 0 Å². The number of carbonyl (C=O) groups excluding carboxylic acids is 1. The van der Waals surface area contributed by atoms with Crippen molar-refractivity contribution >= 4 is 12.0 Å². The largest absolute Gasteiger partial charge is 0.480 e. The molecule has 1 atom stereocenters. The zero-order valence-corrected chi connectivity index (χ0v) is 10.7. The molecule has 0 aromatic rings. The molecule has 2 amide bonds. The van der Waals surface area contributed by atoms with Gasteiger partial charge >= 0.3 is 12.0 Å². The maximum Gasteiger partial charge on any atom is 0.326 e. The fraction of sp³-hybridized carbons (Fsp3) is 0.818. The molecule has 94 valence electrons. The molecule has 0 aromatic heterocycles. The van der Waals surface area contributed by atoms with Crippen molar-refractivity contribution in [3.8, 4) is 0 Å². The van der Waals surface area contributed by atoms with E-state index in [0.717, 1.165) is 0 Å². The maximum atomic E-state index is 11.9. The van der Waals surface area contributed by atoms with Crippen molar-refractivity contribution < 1.29 is 14.7 Å². The van der Waals surface area contributed by atoms with Crippen LogP contribution < -0.4 is 0 Å². The highest BCUT2D eigenvalue weighted by molar-refractivity contribution is 5.82. The van der Waals surface area contributed by atoms with Crippen LogP contribution in [0.3, 0.4) is 0 Å². The molecule has 0 rings (SSSR count). The monoisotopic (exact) mass is 230 g/mol. The Bertz CT molecular complexity index is 254. The zero-order valence-electron chi connectivity index (χ0n) is 10.7. The highest BCUT2D eigenvalue weighted by Gasteiger charge is 2.26. The lowest BCUT2D eigenvalue weighted by molar-refractivity contribution is -0.142. The molecule has 0 radical (unpaired) electrons. The molecule has 1 unspecified atom stereocenters. The van der Waals surface area contributed by atoms with Crippen molar-refractivity contribution in [3.05, 3.63) is 0 Å². The molecule has 0 spiro atoms. The number of rotatable bonds is 5. The SMILES string of the molecule is CCC(C(=O)O)N(C)C(=O)N(C)CC(C)C. The summed E-state index contributed by atoms with van der Waals surface area (Å²) in [5.41, 5.74) is 0. The third-order valence-electron chi connectivity index (χ3n) is 2.41. The normalized spacial score (nSPS) is 12.4. The molecule has 1 N–H and O–H groups in total. The van der Waals surface area contributed by atoms with Gasteiger partial charge in [0.05, 0.1) is 0 Å². The third-order valence-corrected chi connectivity index (χ3v) is 2.41. The Hall–Kier alpha value is -1.26. The molecule has 0 fully saturated rings. The number of carboxylic acids is 1. The second-order valence-corrected chi connectivity index (χ2v) is 4.43. The summed E-state index contributed by atoms with van der Waals surface area (Å²) in [4.78, 5) is 25.6. The molecule has 0 saturated carbocycles. The van der Waals surface area contributed by atoms with Gasteiger partial charge < -0.3 is 14.9 Å². The van der Waals surface area contributed by atoms with E-state index < -0.39 is 12.0 Å². The lowest BCUT2D eigenvalue weighted by Gasteiger charge is -2.29. The first-order valence-corrected chi connectivity index (χ1v) is 5.51. The molecule has 0 bridgehead atoms. The minimum absolute atomic E-state index is 0.247. The Balaban J connectivity index is 4.52. The summed E-state index contributed by atoms with van der Waals surface area (Å²) in [5.74, 6) is -0.594. The molecule has 0 aromatic carbocycles. The van der Waals surface area contributed by atoms with Crippen LogP contribution in [0.1, 0.15) is 27.2 Å². The molecule has 5 nitrogen and oxygen atoms in total. The van der Waals surface area contributed by atoms with E-state index in [2.05, 4.69) is 0 Å². The van der Waals surface area contributed by atoms with E-state index in [4.69, 9.17) is 5.11 Å². The van der Waals surface area contributed by atoms with Crippen molar-refractivity contribution in [1.82, 2.24) is 9.80 Å². The lowest BCUT2D eigenvalue weighted by Crippen LogP contribution is -2.48. The second-order valence-electron chi connectivity index (χ2n) is 4.43. The quantitative estimate of drug-likeness (QED) is 0.778. The molecule has 0 saturated heterocycles. The van der Waals surface area contributed by atoms with Crippen LogP contribution in [0.2, 0.25) is 0 Å². The molecule has 16 heavy (non-hydrogen) atoms. The smallest absolute Gasteiger partial charge is 0.326 e. The zero-order chi connectivity index (χ0) is 12.9. The van der Waals surface area contributed by atoms with Gasteiger partial charge in [0.15, 0.2) is 0 Å². The Kier molecular flexibility index (Phi) is 5.85. The summed E-state index contributed by atoms with van der Waals surface area (Å²) < 4.78 is 0. The summed E-state index contributed by atoms with van der Waals surface area (Å²) in [6, 6.07) is -0.995. The second kappa shape index (κ2) is 6.35. The topological polar surface area (TPSA) is 60.9 Å². The molecule has 5 heteroatoms. The van der Waals surface area contributed by atoms with Crippen LogP contribution in [-0.4, -0.2) is 53.6 Å². The van der Waals surface area contributed by atoms with Crippen LogP contribution in [0.4, 0.5) is 4.79 Å². The summed E-state index contributed by atoms with van der Waals surface area (Å²) in [7, 11) is 3.22. The van der Waals surface area contributed by atoms with Crippen LogP contribution in [-0.2, 0) is 4.79 Å². The van der Waals surface area contributed by atoms with Gasteiger partial charge in [-0.3, -0.25) is 0 Å². The summed E-state index contributed by atoms with van der Waals surface area (Å²) in [6.45, 7) is 6.40. The van der Waals surface area contributed by atoms with Gasteiger partial charge in [-0.2, -0.15) is 0 Å². The van der Waals surface area contributed by atoms with Crippen molar-refractivity contribution in [2.45, 2.75) is 33.2 Å². The first kappa shape index (κ1) is 14.7. The number of urea groups is 1. The molecule has 0 aliphatic rings. The maximum absolute atomic E-state index is 11.9. The van der Waals surface area contributed by atoms with Crippen LogP contribution in [0.25, 0.3) is 0 Å². The average molecular weight is 230 g/mol. The summed E-state index contributed by atoms with van der Waals surface area (Å²) in [6.07, 6.45) is 0.410. The average Bonchev–Trinajstić information content (AvgIpc) is 2.15. The minimum Gasteiger partial charge on any atom is -0.480 e. The lowest BCUT2D eigenvalue weighted by atomic mass is 10.2. The first-order chi connectivity index (χ1) is 7.31. The van der Waals surface area contributed by atoms with Crippen molar-refractivity contribution in [2.24, 2.45) is 5.92 Å². The fourth-order valence-corrected chi connectivity index (χ4v) is 1.64. The summed E-state index contributed by atoms with van der Waals surface area (Å²) in [5, 5.41) is 8.94. The predicted molar refractivity (Wildman–Crippen MR) is 62.3 cm³/mol. The molecular weight excluding hydrogens is 208 g/mol. The van der Waals surface area contributed by atoms with Gasteiger partial charge in [0, 0.05) is 20.6 Å².